The van der Waals surface area contributed by atoms with Crippen molar-refractivity contribution in [3.8, 4) is 0 Å². The predicted molar refractivity (Wildman–Crippen MR) is 71.6 cm³/mol. The lowest BCUT2D eigenvalue weighted by Gasteiger charge is -2.19. The van der Waals surface area contributed by atoms with E-state index in [1.165, 1.54) is 11.0 Å². The summed E-state index contributed by atoms with van der Waals surface area (Å²) in [6.45, 7) is 1.22. The summed E-state index contributed by atoms with van der Waals surface area (Å²) in [4.78, 5) is 24.3. The molecule has 0 atom stereocenters. The number of hydrogen-bond acceptors (Lipinski definition) is 4. The van der Waals surface area contributed by atoms with E-state index in [0.717, 1.165) is 0 Å². The van der Waals surface area contributed by atoms with E-state index in [1.807, 2.05) is 0 Å². The van der Waals surface area contributed by atoms with Gasteiger partial charge in [-0.15, -0.1) is 0 Å². The molecule has 0 heterocycles. The van der Waals surface area contributed by atoms with Crippen LogP contribution in [-0.4, -0.2) is 50.8 Å². The molecule has 104 valence electrons. The van der Waals surface area contributed by atoms with Gasteiger partial charge < -0.3 is 20.1 Å². The third-order valence-corrected chi connectivity index (χ3v) is 2.63. The summed E-state index contributed by atoms with van der Waals surface area (Å²) in [5.74, 6) is -1.26. The smallest absolute Gasteiger partial charge is 0.337 e. The number of nitrogens with zero attached hydrogens (tertiary/aromatic N) is 1. The van der Waals surface area contributed by atoms with Crippen LogP contribution in [0.1, 0.15) is 10.4 Å². The summed E-state index contributed by atoms with van der Waals surface area (Å²) in [6, 6.07) is 6.41. The highest BCUT2D eigenvalue weighted by Gasteiger charge is 2.17. The van der Waals surface area contributed by atoms with Crippen LogP contribution < -0.4 is 10.2 Å². The summed E-state index contributed by atoms with van der Waals surface area (Å²) in [5.41, 5.74) is 0.490. The first-order chi connectivity index (χ1) is 9.07. The van der Waals surface area contributed by atoms with Crippen LogP contribution >= 0.6 is 0 Å². The number of para-hydroxylation sites is 1. The molecule has 0 saturated carbocycles. The molecule has 0 unspecified atom stereocenters. The molecule has 0 aromatic heterocycles. The number of ether oxygens (including phenoxy) is 1. The van der Waals surface area contributed by atoms with Crippen molar-refractivity contribution in [1.29, 1.82) is 0 Å². The first-order valence-electron chi connectivity index (χ1n) is 5.86. The number of likely N-dealkylation sites (N-methyl/N-ethyl adjacent to an activating group) is 1. The Morgan fingerprint density at radius 2 is 2.05 bits per heavy atom. The number of carboxylic acids is 1. The summed E-state index contributed by atoms with van der Waals surface area (Å²) in [5, 5.41) is 12.0. The summed E-state index contributed by atoms with van der Waals surface area (Å²) in [7, 11) is 3.14. The number of rotatable bonds is 7. The van der Waals surface area contributed by atoms with Gasteiger partial charge in [-0.3, -0.25) is 4.79 Å². The van der Waals surface area contributed by atoms with Crippen molar-refractivity contribution >= 4 is 17.6 Å². The number of hydrogen-bond donors (Lipinski definition) is 2. The molecule has 0 fully saturated rings. The van der Waals surface area contributed by atoms with E-state index in [1.54, 1.807) is 32.4 Å². The number of carbonyl (C=O) groups is 2. The van der Waals surface area contributed by atoms with Crippen molar-refractivity contribution in [3.05, 3.63) is 29.8 Å². The van der Waals surface area contributed by atoms with E-state index in [2.05, 4.69) is 5.32 Å². The highest BCUT2D eigenvalue weighted by atomic mass is 16.5. The maximum absolute atomic E-state index is 11.9. The zero-order valence-corrected chi connectivity index (χ0v) is 11.0. The maximum atomic E-state index is 11.9. The van der Waals surface area contributed by atoms with Gasteiger partial charge in [0.15, 0.2) is 0 Å². The average molecular weight is 266 g/mol. The molecule has 2 N–H and O–H groups in total. The first kappa shape index (κ1) is 15.1. The van der Waals surface area contributed by atoms with Crippen LogP contribution in [0.25, 0.3) is 0 Å². The Hall–Kier alpha value is -1.92. The molecule has 1 aromatic rings. The minimum absolute atomic E-state index is 0.107. The molecule has 0 aliphatic carbocycles. The molecular formula is C13H18N2O4. The fraction of sp³-hybridized carbons (Fsp3) is 0.385. The molecule has 19 heavy (non-hydrogen) atoms. The number of carboxylic acid groups (broad SMARTS) is 1. The Balaban J connectivity index is 2.69. The summed E-state index contributed by atoms with van der Waals surface area (Å²) in [6.07, 6.45) is 0. The maximum Gasteiger partial charge on any atom is 0.337 e. The Morgan fingerprint density at radius 1 is 1.37 bits per heavy atom. The SMILES string of the molecule is COCCNCC(=O)N(C)c1ccccc1C(=O)O. The van der Waals surface area contributed by atoms with E-state index in [4.69, 9.17) is 9.84 Å². The third-order valence-electron chi connectivity index (χ3n) is 2.63. The fourth-order valence-corrected chi connectivity index (χ4v) is 1.57. The minimum atomic E-state index is -1.05. The van der Waals surface area contributed by atoms with Gasteiger partial charge in [0.2, 0.25) is 5.91 Å². The molecule has 0 spiro atoms. The Bertz CT molecular complexity index is 448. The van der Waals surface area contributed by atoms with E-state index in [-0.39, 0.29) is 18.0 Å². The van der Waals surface area contributed by atoms with Gasteiger partial charge in [0.1, 0.15) is 0 Å². The first-order valence-corrected chi connectivity index (χ1v) is 5.86. The topological polar surface area (TPSA) is 78.9 Å². The highest BCUT2D eigenvalue weighted by molar-refractivity contribution is 6.02. The summed E-state index contributed by atoms with van der Waals surface area (Å²) < 4.78 is 4.85. The quantitative estimate of drug-likeness (QED) is 0.706. The Kier molecular flexibility index (Phi) is 5.98. The van der Waals surface area contributed by atoms with Gasteiger partial charge in [-0.1, -0.05) is 12.1 Å². The number of methoxy groups -OCH3 is 1. The second kappa shape index (κ2) is 7.50. The van der Waals surface area contributed by atoms with E-state index >= 15 is 0 Å². The van der Waals surface area contributed by atoms with Crippen molar-refractivity contribution < 1.29 is 19.4 Å². The summed E-state index contributed by atoms with van der Waals surface area (Å²) >= 11 is 0. The number of amides is 1. The molecule has 6 nitrogen and oxygen atoms in total. The molecule has 0 bridgehead atoms. The molecule has 6 heteroatoms. The zero-order chi connectivity index (χ0) is 14.3. The Morgan fingerprint density at radius 3 is 2.68 bits per heavy atom. The van der Waals surface area contributed by atoms with Gasteiger partial charge >= 0.3 is 5.97 Å². The molecule has 1 amide bonds. The second-order valence-corrected chi connectivity index (χ2v) is 3.94. The Labute approximate surface area is 112 Å². The zero-order valence-electron chi connectivity index (χ0n) is 11.0. The monoisotopic (exact) mass is 266 g/mol. The fourth-order valence-electron chi connectivity index (χ4n) is 1.57. The second-order valence-electron chi connectivity index (χ2n) is 3.94. The predicted octanol–water partition coefficient (Wildman–Crippen LogP) is 0.584. The van der Waals surface area contributed by atoms with Gasteiger partial charge in [0.25, 0.3) is 0 Å². The van der Waals surface area contributed by atoms with Crippen LogP contribution in [-0.2, 0) is 9.53 Å². The van der Waals surface area contributed by atoms with Gasteiger partial charge in [-0.25, -0.2) is 4.79 Å². The van der Waals surface area contributed by atoms with Crippen LogP contribution in [0.15, 0.2) is 24.3 Å². The largest absolute Gasteiger partial charge is 0.478 e. The normalized spacial score (nSPS) is 10.2. The lowest BCUT2D eigenvalue weighted by atomic mass is 10.1. The van der Waals surface area contributed by atoms with Crippen LogP contribution in [0.3, 0.4) is 0 Å². The molecule has 0 saturated heterocycles. The van der Waals surface area contributed by atoms with Gasteiger partial charge in [0.05, 0.1) is 24.4 Å². The van der Waals surface area contributed by atoms with Crippen LogP contribution in [0, 0.1) is 0 Å². The minimum Gasteiger partial charge on any atom is -0.478 e. The number of nitrogens with one attached hydrogen (secondary N) is 1. The molecule has 0 radical (unpaired) electrons. The van der Waals surface area contributed by atoms with Crippen molar-refractivity contribution in [2.45, 2.75) is 0 Å². The third kappa shape index (κ3) is 4.35. The van der Waals surface area contributed by atoms with Gasteiger partial charge in [0, 0.05) is 20.7 Å². The van der Waals surface area contributed by atoms with E-state index in [0.29, 0.717) is 18.8 Å². The van der Waals surface area contributed by atoms with Crippen LogP contribution in [0.5, 0.6) is 0 Å². The number of benzene rings is 1. The van der Waals surface area contributed by atoms with E-state index < -0.39 is 5.97 Å². The number of aromatic carboxylic acids is 1. The van der Waals surface area contributed by atoms with E-state index in [9.17, 15) is 9.59 Å². The number of anilines is 1. The molecule has 1 aromatic carbocycles. The lowest BCUT2D eigenvalue weighted by molar-refractivity contribution is -0.117. The van der Waals surface area contributed by atoms with Crippen LogP contribution in [0.2, 0.25) is 0 Å². The number of carbonyl (C=O) groups excluding carboxylic acids is 1. The van der Waals surface area contributed by atoms with Gasteiger partial charge in [-0.2, -0.15) is 0 Å². The molecule has 1 rings (SSSR count). The molecule has 0 aliphatic heterocycles. The average Bonchev–Trinajstić information content (AvgIpc) is 2.42. The standard InChI is InChI=1S/C13H18N2O4/c1-15(12(16)9-14-7-8-19-2)11-6-4-3-5-10(11)13(17)18/h3-6,14H,7-9H2,1-2H3,(H,17,18). The van der Waals surface area contributed by atoms with Crippen molar-refractivity contribution in [3.63, 3.8) is 0 Å². The van der Waals surface area contributed by atoms with Gasteiger partial charge in [-0.05, 0) is 12.1 Å². The van der Waals surface area contributed by atoms with Crippen LogP contribution in [0.4, 0.5) is 5.69 Å². The molecule has 0 aliphatic rings. The van der Waals surface area contributed by atoms with Crippen molar-refractivity contribution in [2.75, 3.05) is 38.8 Å². The lowest BCUT2D eigenvalue weighted by Crippen LogP contribution is -2.37. The molecular weight excluding hydrogens is 248 g/mol. The van der Waals surface area contributed by atoms with Crippen molar-refractivity contribution in [2.24, 2.45) is 0 Å². The van der Waals surface area contributed by atoms with Crippen molar-refractivity contribution in [1.82, 2.24) is 5.32 Å². The highest BCUT2D eigenvalue weighted by Crippen LogP contribution is 2.18.